The highest BCUT2D eigenvalue weighted by Gasteiger charge is 2.21. The third-order valence-electron chi connectivity index (χ3n) is 2.83. The van der Waals surface area contributed by atoms with Crippen molar-refractivity contribution in [2.45, 2.75) is 38.6 Å². The topological polar surface area (TPSA) is 69.6 Å². The number of piperidine rings is 1. The molecule has 2 N–H and O–H groups in total. The molecule has 5 nitrogen and oxygen atoms in total. The number of likely N-dealkylation sites (tertiary alicyclic amines) is 1. The summed E-state index contributed by atoms with van der Waals surface area (Å²) in [5.41, 5.74) is 0. The fourth-order valence-electron chi connectivity index (χ4n) is 1.87. The van der Waals surface area contributed by atoms with Crippen LogP contribution in [0.1, 0.15) is 32.6 Å². The monoisotopic (exact) mass is 228 g/mol. The van der Waals surface area contributed by atoms with Crippen LogP contribution in [0.5, 0.6) is 0 Å². The minimum atomic E-state index is -0.842. The standard InChI is InChI=1S/C11H20N2O3/c1-9(12-6-5-10(14)15)11(16)13-7-3-2-4-8-13/h9,12H,2-8H2,1H3,(H,14,15). The van der Waals surface area contributed by atoms with E-state index in [1.807, 2.05) is 4.90 Å². The predicted molar refractivity (Wildman–Crippen MR) is 60.1 cm³/mol. The first-order chi connectivity index (χ1) is 7.61. The Hall–Kier alpha value is -1.10. The number of amides is 1. The SMILES string of the molecule is CC(NCCC(=O)O)C(=O)N1CCCCC1. The summed E-state index contributed by atoms with van der Waals surface area (Å²) in [6.45, 7) is 3.81. The van der Waals surface area contributed by atoms with E-state index in [4.69, 9.17) is 5.11 Å². The lowest BCUT2D eigenvalue weighted by Crippen LogP contribution is -2.47. The van der Waals surface area contributed by atoms with Crippen LogP contribution in [0.3, 0.4) is 0 Å². The number of carbonyl (C=O) groups excluding carboxylic acids is 1. The fraction of sp³-hybridized carbons (Fsp3) is 0.818. The average molecular weight is 228 g/mol. The van der Waals surface area contributed by atoms with Crippen LogP contribution in [0.25, 0.3) is 0 Å². The second-order valence-corrected chi connectivity index (χ2v) is 4.21. The predicted octanol–water partition coefficient (Wildman–Crippen LogP) is 0.452. The van der Waals surface area contributed by atoms with Crippen LogP contribution in [-0.4, -0.2) is 47.6 Å². The van der Waals surface area contributed by atoms with Crippen LogP contribution in [0.4, 0.5) is 0 Å². The Morgan fingerprint density at radius 1 is 1.31 bits per heavy atom. The molecule has 16 heavy (non-hydrogen) atoms. The molecule has 1 saturated heterocycles. The van der Waals surface area contributed by atoms with Gasteiger partial charge in [0.15, 0.2) is 0 Å². The maximum absolute atomic E-state index is 11.9. The van der Waals surface area contributed by atoms with E-state index in [2.05, 4.69) is 5.32 Å². The van der Waals surface area contributed by atoms with Gasteiger partial charge in [0.05, 0.1) is 12.5 Å². The van der Waals surface area contributed by atoms with Gasteiger partial charge in [0.1, 0.15) is 0 Å². The minimum absolute atomic E-state index is 0.0532. The Kier molecular flexibility index (Phi) is 5.25. The lowest BCUT2D eigenvalue weighted by molar-refractivity contribution is -0.138. The Bertz CT molecular complexity index is 250. The summed E-state index contributed by atoms with van der Waals surface area (Å²) in [5.74, 6) is -0.754. The van der Waals surface area contributed by atoms with Gasteiger partial charge in [-0.3, -0.25) is 9.59 Å². The van der Waals surface area contributed by atoms with Crippen LogP contribution < -0.4 is 5.32 Å². The Labute approximate surface area is 95.8 Å². The quantitative estimate of drug-likeness (QED) is 0.717. The summed E-state index contributed by atoms with van der Waals surface area (Å²) in [5, 5.41) is 11.4. The highest BCUT2D eigenvalue weighted by atomic mass is 16.4. The van der Waals surface area contributed by atoms with Gasteiger partial charge in [-0.05, 0) is 26.2 Å². The van der Waals surface area contributed by atoms with Crippen LogP contribution in [0, 0.1) is 0 Å². The minimum Gasteiger partial charge on any atom is -0.481 e. The van der Waals surface area contributed by atoms with Gasteiger partial charge in [-0.1, -0.05) is 0 Å². The van der Waals surface area contributed by atoms with Crippen molar-refractivity contribution in [1.29, 1.82) is 0 Å². The van der Waals surface area contributed by atoms with Crippen molar-refractivity contribution in [3.8, 4) is 0 Å². The second kappa shape index (κ2) is 6.48. The largest absolute Gasteiger partial charge is 0.481 e. The first-order valence-corrected chi connectivity index (χ1v) is 5.85. The molecule has 1 amide bonds. The van der Waals surface area contributed by atoms with E-state index in [1.165, 1.54) is 6.42 Å². The Morgan fingerprint density at radius 3 is 2.50 bits per heavy atom. The van der Waals surface area contributed by atoms with Gasteiger partial charge in [0, 0.05) is 19.6 Å². The van der Waals surface area contributed by atoms with Crippen molar-refractivity contribution in [3.63, 3.8) is 0 Å². The zero-order chi connectivity index (χ0) is 12.0. The third kappa shape index (κ3) is 4.18. The molecule has 0 bridgehead atoms. The van der Waals surface area contributed by atoms with Crippen LogP contribution >= 0.6 is 0 Å². The van der Waals surface area contributed by atoms with Gasteiger partial charge in [-0.2, -0.15) is 0 Å². The molecular weight excluding hydrogens is 208 g/mol. The summed E-state index contributed by atoms with van der Waals surface area (Å²) in [7, 11) is 0. The van der Waals surface area contributed by atoms with E-state index in [0.717, 1.165) is 25.9 Å². The smallest absolute Gasteiger partial charge is 0.304 e. The number of nitrogens with one attached hydrogen (secondary N) is 1. The summed E-state index contributed by atoms with van der Waals surface area (Å²) in [6.07, 6.45) is 3.41. The molecule has 0 spiro atoms. The first kappa shape index (κ1) is 13.0. The molecule has 1 aliphatic heterocycles. The van der Waals surface area contributed by atoms with Crippen molar-refractivity contribution in [3.05, 3.63) is 0 Å². The van der Waals surface area contributed by atoms with Gasteiger partial charge in [-0.25, -0.2) is 0 Å². The highest BCUT2D eigenvalue weighted by molar-refractivity contribution is 5.81. The number of hydrogen-bond acceptors (Lipinski definition) is 3. The zero-order valence-electron chi connectivity index (χ0n) is 9.74. The molecule has 92 valence electrons. The Balaban J connectivity index is 2.26. The lowest BCUT2D eigenvalue weighted by Gasteiger charge is -2.29. The average Bonchev–Trinajstić information content (AvgIpc) is 2.28. The highest BCUT2D eigenvalue weighted by Crippen LogP contribution is 2.09. The van der Waals surface area contributed by atoms with Crippen LogP contribution in [0.15, 0.2) is 0 Å². The van der Waals surface area contributed by atoms with Crippen LogP contribution in [-0.2, 0) is 9.59 Å². The molecule has 0 aliphatic carbocycles. The van der Waals surface area contributed by atoms with E-state index in [-0.39, 0.29) is 18.4 Å². The van der Waals surface area contributed by atoms with Crippen molar-refractivity contribution in [2.75, 3.05) is 19.6 Å². The number of hydrogen-bond donors (Lipinski definition) is 2. The number of nitrogens with zero attached hydrogens (tertiary/aromatic N) is 1. The van der Waals surface area contributed by atoms with Gasteiger partial charge < -0.3 is 15.3 Å². The van der Waals surface area contributed by atoms with Crippen molar-refractivity contribution < 1.29 is 14.7 Å². The van der Waals surface area contributed by atoms with Crippen molar-refractivity contribution in [1.82, 2.24) is 10.2 Å². The summed E-state index contributed by atoms with van der Waals surface area (Å²) in [4.78, 5) is 24.1. The molecule has 0 radical (unpaired) electrons. The third-order valence-corrected chi connectivity index (χ3v) is 2.83. The fourth-order valence-corrected chi connectivity index (χ4v) is 1.87. The maximum Gasteiger partial charge on any atom is 0.304 e. The number of carboxylic acids is 1. The molecule has 0 aromatic carbocycles. The number of carbonyl (C=O) groups is 2. The normalized spacial score (nSPS) is 18.2. The molecular formula is C11H20N2O3. The number of aliphatic carboxylic acids is 1. The summed E-state index contributed by atoms with van der Waals surface area (Å²) < 4.78 is 0. The van der Waals surface area contributed by atoms with E-state index < -0.39 is 5.97 Å². The molecule has 1 fully saturated rings. The first-order valence-electron chi connectivity index (χ1n) is 5.85. The van der Waals surface area contributed by atoms with Gasteiger partial charge in [-0.15, -0.1) is 0 Å². The second-order valence-electron chi connectivity index (χ2n) is 4.21. The lowest BCUT2D eigenvalue weighted by atomic mass is 10.1. The van der Waals surface area contributed by atoms with Gasteiger partial charge in [0.2, 0.25) is 5.91 Å². The molecule has 1 heterocycles. The van der Waals surface area contributed by atoms with E-state index in [0.29, 0.717) is 6.54 Å². The Morgan fingerprint density at radius 2 is 1.94 bits per heavy atom. The maximum atomic E-state index is 11.9. The van der Waals surface area contributed by atoms with Crippen molar-refractivity contribution in [2.24, 2.45) is 0 Å². The molecule has 1 unspecified atom stereocenters. The van der Waals surface area contributed by atoms with Gasteiger partial charge >= 0.3 is 5.97 Å². The summed E-state index contributed by atoms with van der Waals surface area (Å²) in [6, 6.07) is -0.280. The molecule has 1 aliphatic rings. The number of carboxylic acid groups (broad SMARTS) is 1. The molecule has 0 saturated carbocycles. The van der Waals surface area contributed by atoms with E-state index in [9.17, 15) is 9.59 Å². The molecule has 1 atom stereocenters. The zero-order valence-corrected chi connectivity index (χ0v) is 9.74. The van der Waals surface area contributed by atoms with Crippen LogP contribution in [0.2, 0.25) is 0 Å². The molecule has 0 aromatic rings. The van der Waals surface area contributed by atoms with Gasteiger partial charge in [0.25, 0.3) is 0 Å². The van der Waals surface area contributed by atoms with E-state index in [1.54, 1.807) is 6.92 Å². The molecule has 5 heteroatoms. The van der Waals surface area contributed by atoms with E-state index >= 15 is 0 Å². The molecule has 1 rings (SSSR count). The number of rotatable bonds is 5. The summed E-state index contributed by atoms with van der Waals surface area (Å²) >= 11 is 0. The van der Waals surface area contributed by atoms with Crippen molar-refractivity contribution >= 4 is 11.9 Å². The molecule has 0 aromatic heterocycles.